The molecule has 2 aromatic rings. The number of carbonyl (C=O) groups excluding carboxylic acids is 1. The van der Waals surface area contributed by atoms with Crippen molar-refractivity contribution in [3.63, 3.8) is 0 Å². The van der Waals surface area contributed by atoms with Crippen molar-refractivity contribution in [2.45, 2.75) is 25.4 Å². The number of pyridine rings is 1. The third-order valence-electron chi connectivity index (χ3n) is 5.48. The van der Waals surface area contributed by atoms with Crippen molar-refractivity contribution in [2.24, 2.45) is 0 Å². The number of piperazine rings is 1. The van der Waals surface area contributed by atoms with Crippen LogP contribution in [0.15, 0.2) is 36.5 Å². The van der Waals surface area contributed by atoms with Crippen molar-refractivity contribution in [3.8, 4) is 11.5 Å². The lowest BCUT2D eigenvalue weighted by Crippen LogP contribution is -2.46. The van der Waals surface area contributed by atoms with E-state index in [9.17, 15) is 4.79 Å². The molecule has 3 aliphatic rings. The maximum Gasteiger partial charge on any atom is 0.320 e. The first-order valence-corrected chi connectivity index (χ1v) is 10.1. The van der Waals surface area contributed by atoms with E-state index in [1.807, 2.05) is 24.4 Å². The normalized spacial score (nSPS) is 18.6. The number of benzene rings is 1. The lowest BCUT2D eigenvalue weighted by Gasteiger charge is -2.36. The number of anilines is 2. The number of hydrogen-bond donors (Lipinski definition) is 2. The fraction of sp³-hybridized carbons (Fsp3) is 0.429. The van der Waals surface area contributed by atoms with Gasteiger partial charge in [0, 0.05) is 38.8 Å². The molecule has 0 radical (unpaired) electrons. The highest BCUT2D eigenvalue weighted by molar-refractivity contribution is 5.88. The summed E-state index contributed by atoms with van der Waals surface area (Å²) in [6, 6.07) is 10.2. The Hall–Kier alpha value is -3.00. The average molecular weight is 395 g/mol. The van der Waals surface area contributed by atoms with Crippen molar-refractivity contribution >= 4 is 17.5 Å². The number of nitrogens with zero attached hydrogens (tertiary/aromatic N) is 3. The molecule has 1 aromatic carbocycles. The first-order chi connectivity index (χ1) is 14.2. The van der Waals surface area contributed by atoms with E-state index in [-0.39, 0.29) is 6.03 Å². The van der Waals surface area contributed by atoms with Gasteiger partial charge < -0.3 is 19.7 Å². The van der Waals surface area contributed by atoms with Gasteiger partial charge in [0.15, 0.2) is 11.5 Å². The van der Waals surface area contributed by atoms with E-state index in [0.717, 1.165) is 62.8 Å². The first kappa shape index (κ1) is 18.1. The van der Waals surface area contributed by atoms with Crippen LogP contribution in [0.3, 0.4) is 0 Å². The monoisotopic (exact) mass is 395 g/mol. The number of amides is 2. The van der Waals surface area contributed by atoms with Crippen LogP contribution in [0.25, 0.3) is 0 Å². The highest BCUT2D eigenvalue weighted by Crippen LogP contribution is 2.33. The van der Waals surface area contributed by atoms with Crippen LogP contribution >= 0.6 is 0 Å². The van der Waals surface area contributed by atoms with Gasteiger partial charge in [-0.1, -0.05) is 6.07 Å². The summed E-state index contributed by atoms with van der Waals surface area (Å²) in [6.07, 6.45) is 3.97. The maximum atomic E-state index is 11.8. The highest BCUT2D eigenvalue weighted by atomic mass is 16.7. The molecule has 2 fully saturated rings. The Labute approximate surface area is 169 Å². The number of aromatic nitrogens is 1. The van der Waals surface area contributed by atoms with Gasteiger partial charge in [-0.2, -0.15) is 0 Å². The topological polar surface area (TPSA) is 79.0 Å². The minimum atomic E-state index is -0.176. The van der Waals surface area contributed by atoms with E-state index in [4.69, 9.17) is 9.47 Å². The van der Waals surface area contributed by atoms with Crippen molar-refractivity contribution < 1.29 is 14.3 Å². The zero-order valence-corrected chi connectivity index (χ0v) is 16.3. The van der Waals surface area contributed by atoms with Crippen LogP contribution in [0.4, 0.5) is 16.3 Å². The molecule has 3 heterocycles. The van der Waals surface area contributed by atoms with Crippen molar-refractivity contribution in [1.82, 2.24) is 15.2 Å². The number of nitrogens with one attached hydrogen (secondary N) is 2. The van der Waals surface area contributed by atoms with Gasteiger partial charge >= 0.3 is 6.03 Å². The lowest BCUT2D eigenvalue weighted by molar-refractivity contribution is 0.174. The Morgan fingerprint density at radius 2 is 1.90 bits per heavy atom. The second kappa shape index (κ2) is 7.79. The predicted octanol–water partition coefficient (Wildman–Crippen LogP) is 2.42. The van der Waals surface area contributed by atoms with Gasteiger partial charge in [0.05, 0.1) is 11.9 Å². The summed E-state index contributed by atoms with van der Waals surface area (Å²) < 4.78 is 10.9. The molecule has 2 aliphatic heterocycles. The number of rotatable bonds is 5. The summed E-state index contributed by atoms with van der Waals surface area (Å²) in [7, 11) is 0. The minimum absolute atomic E-state index is 0.176. The highest BCUT2D eigenvalue weighted by Gasteiger charge is 2.23. The van der Waals surface area contributed by atoms with Crippen LogP contribution in [0, 0.1) is 0 Å². The molecule has 1 saturated carbocycles. The zero-order valence-electron chi connectivity index (χ0n) is 16.3. The molecule has 8 nitrogen and oxygen atoms in total. The van der Waals surface area contributed by atoms with E-state index in [0.29, 0.717) is 18.7 Å². The maximum absolute atomic E-state index is 11.8. The zero-order chi connectivity index (χ0) is 19.6. The average Bonchev–Trinajstić information content (AvgIpc) is 3.42. The molecular formula is C21H25N5O3. The molecule has 8 heteroatoms. The SMILES string of the molecule is O=C(Nc1ccc(N2CCN(Cc3ccc4c(c3)OCO4)CC2)cn1)NC1CC1. The molecule has 0 unspecified atom stereocenters. The van der Waals surface area contributed by atoms with Gasteiger partial charge in [-0.15, -0.1) is 0 Å². The van der Waals surface area contributed by atoms with Gasteiger partial charge in [-0.25, -0.2) is 9.78 Å². The van der Waals surface area contributed by atoms with Gasteiger partial charge in [-0.3, -0.25) is 10.2 Å². The van der Waals surface area contributed by atoms with Crippen LogP contribution in [0.1, 0.15) is 18.4 Å². The summed E-state index contributed by atoms with van der Waals surface area (Å²) in [6.45, 7) is 5.07. The standard InChI is InChI=1S/C21H25N5O3/c27-21(23-16-2-3-16)24-20-6-4-17(12-22-20)26-9-7-25(8-10-26)13-15-1-5-18-19(11-15)29-14-28-18/h1,4-6,11-12,16H,2-3,7-10,13-14H2,(H2,22,23,24,27). The van der Waals surface area contributed by atoms with E-state index >= 15 is 0 Å². The second-order valence-corrected chi connectivity index (χ2v) is 7.73. The molecule has 0 atom stereocenters. The minimum Gasteiger partial charge on any atom is -0.454 e. The third-order valence-corrected chi connectivity index (χ3v) is 5.48. The van der Waals surface area contributed by atoms with E-state index in [2.05, 4.69) is 37.6 Å². The van der Waals surface area contributed by atoms with Crippen LogP contribution in [0.5, 0.6) is 11.5 Å². The number of fused-ring (bicyclic) bond motifs is 1. The Kier molecular flexibility index (Phi) is 4.85. The van der Waals surface area contributed by atoms with Crippen LogP contribution < -0.4 is 25.0 Å². The first-order valence-electron chi connectivity index (χ1n) is 10.1. The van der Waals surface area contributed by atoms with Crippen molar-refractivity contribution in [1.29, 1.82) is 0 Å². The van der Waals surface area contributed by atoms with Crippen molar-refractivity contribution in [3.05, 3.63) is 42.1 Å². The molecule has 152 valence electrons. The van der Waals surface area contributed by atoms with E-state index in [1.54, 1.807) is 0 Å². The molecular weight excluding hydrogens is 370 g/mol. The molecule has 29 heavy (non-hydrogen) atoms. The number of hydrogen-bond acceptors (Lipinski definition) is 6. The van der Waals surface area contributed by atoms with Crippen LogP contribution in [0.2, 0.25) is 0 Å². The van der Waals surface area contributed by atoms with Gasteiger partial charge in [0.2, 0.25) is 6.79 Å². The Balaban J connectivity index is 1.12. The van der Waals surface area contributed by atoms with Crippen LogP contribution in [-0.2, 0) is 6.54 Å². The molecule has 0 bridgehead atoms. The quantitative estimate of drug-likeness (QED) is 0.810. The molecule has 2 N–H and O–H groups in total. The van der Waals surface area contributed by atoms with E-state index < -0.39 is 0 Å². The number of carbonyl (C=O) groups is 1. The molecule has 1 saturated heterocycles. The molecule has 1 aromatic heterocycles. The lowest BCUT2D eigenvalue weighted by atomic mass is 10.1. The predicted molar refractivity (Wildman–Crippen MR) is 109 cm³/mol. The second-order valence-electron chi connectivity index (χ2n) is 7.73. The largest absolute Gasteiger partial charge is 0.454 e. The smallest absolute Gasteiger partial charge is 0.320 e. The number of urea groups is 1. The van der Waals surface area contributed by atoms with Crippen LogP contribution in [-0.4, -0.2) is 54.9 Å². The molecule has 0 spiro atoms. The molecule has 1 aliphatic carbocycles. The third kappa shape index (κ3) is 4.37. The Morgan fingerprint density at radius 1 is 1.07 bits per heavy atom. The fourth-order valence-corrected chi connectivity index (χ4v) is 3.67. The summed E-state index contributed by atoms with van der Waals surface area (Å²) in [5.74, 6) is 2.24. The fourth-order valence-electron chi connectivity index (χ4n) is 3.67. The van der Waals surface area contributed by atoms with Gasteiger partial charge in [0.25, 0.3) is 0 Å². The molecule has 5 rings (SSSR count). The van der Waals surface area contributed by atoms with Crippen molar-refractivity contribution in [2.75, 3.05) is 43.2 Å². The van der Waals surface area contributed by atoms with E-state index in [1.165, 1.54) is 5.56 Å². The van der Waals surface area contributed by atoms with Gasteiger partial charge in [-0.05, 0) is 42.7 Å². The summed E-state index contributed by atoms with van der Waals surface area (Å²) in [4.78, 5) is 21.0. The summed E-state index contributed by atoms with van der Waals surface area (Å²) >= 11 is 0. The van der Waals surface area contributed by atoms with Gasteiger partial charge in [0.1, 0.15) is 5.82 Å². The summed E-state index contributed by atoms with van der Waals surface area (Å²) in [5.41, 5.74) is 2.32. The Bertz CT molecular complexity index is 876. The number of ether oxygens (including phenoxy) is 2. The molecule has 2 amide bonds. The Morgan fingerprint density at radius 3 is 2.66 bits per heavy atom. The summed E-state index contributed by atoms with van der Waals surface area (Å²) in [5, 5.41) is 5.69.